The zero-order chi connectivity index (χ0) is 17.1. The Bertz CT molecular complexity index is 735. The molecule has 0 spiro atoms. The molecule has 0 radical (unpaired) electrons. The molecular weight excluding hydrogens is 307 g/mol. The molecule has 1 unspecified atom stereocenters. The summed E-state index contributed by atoms with van der Waals surface area (Å²) in [7, 11) is 3.69. The Hall–Kier alpha value is -2.40. The van der Waals surface area contributed by atoms with Crippen LogP contribution in [0.3, 0.4) is 0 Å². The number of piperazine rings is 1. The molecule has 1 amide bonds. The maximum absolute atomic E-state index is 13.4. The van der Waals surface area contributed by atoms with Crippen molar-refractivity contribution in [3.8, 4) is 5.75 Å². The Balaban J connectivity index is 1.81. The SMILES string of the molecule is COc1cccc(C2CN(C(=O)c3cccc(F)c3)CCN2C)c1. The molecule has 0 aliphatic carbocycles. The van der Waals surface area contributed by atoms with E-state index < -0.39 is 0 Å². The van der Waals surface area contributed by atoms with Gasteiger partial charge in [0.05, 0.1) is 13.2 Å². The first-order valence-corrected chi connectivity index (χ1v) is 7.97. The summed E-state index contributed by atoms with van der Waals surface area (Å²) in [6.07, 6.45) is 0. The van der Waals surface area contributed by atoms with E-state index >= 15 is 0 Å². The number of likely N-dealkylation sites (N-methyl/N-ethyl adjacent to an activating group) is 1. The molecule has 2 aromatic carbocycles. The lowest BCUT2D eigenvalue weighted by Gasteiger charge is -2.39. The number of carbonyl (C=O) groups is 1. The van der Waals surface area contributed by atoms with Crippen LogP contribution in [-0.4, -0.2) is 49.5 Å². The van der Waals surface area contributed by atoms with Gasteiger partial charge in [0, 0.05) is 25.2 Å². The van der Waals surface area contributed by atoms with Gasteiger partial charge < -0.3 is 9.64 Å². The van der Waals surface area contributed by atoms with Gasteiger partial charge in [-0.2, -0.15) is 0 Å². The van der Waals surface area contributed by atoms with Gasteiger partial charge in [0.1, 0.15) is 11.6 Å². The van der Waals surface area contributed by atoms with Crippen LogP contribution in [0.4, 0.5) is 4.39 Å². The molecule has 4 nitrogen and oxygen atoms in total. The van der Waals surface area contributed by atoms with E-state index in [1.165, 1.54) is 12.1 Å². The van der Waals surface area contributed by atoms with Gasteiger partial charge in [0.15, 0.2) is 0 Å². The summed E-state index contributed by atoms with van der Waals surface area (Å²) < 4.78 is 18.7. The minimum absolute atomic E-state index is 0.0892. The molecule has 24 heavy (non-hydrogen) atoms. The van der Waals surface area contributed by atoms with E-state index in [1.807, 2.05) is 31.3 Å². The summed E-state index contributed by atoms with van der Waals surface area (Å²) in [5, 5.41) is 0. The minimum Gasteiger partial charge on any atom is -0.497 e. The average molecular weight is 328 g/mol. The fraction of sp³-hybridized carbons (Fsp3) is 0.316. The molecule has 0 bridgehead atoms. The van der Waals surface area contributed by atoms with Crippen LogP contribution in [-0.2, 0) is 0 Å². The standard InChI is InChI=1S/C19H21FN2O2/c1-21-9-10-22(19(23)15-6-3-7-16(20)11-15)13-18(21)14-5-4-8-17(12-14)24-2/h3-8,11-12,18H,9-10,13H2,1-2H3. The van der Waals surface area contributed by atoms with Crippen LogP contribution >= 0.6 is 0 Å². The zero-order valence-corrected chi connectivity index (χ0v) is 13.9. The van der Waals surface area contributed by atoms with Gasteiger partial charge in [0.25, 0.3) is 5.91 Å². The number of hydrogen-bond acceptors (Lipinski definition) is 3. The molecule has 0 N–H and O–H groups in total. The number of methoxy groups -OCH3 is 1. The monoisotopic (exact) mass is 328 g/mol. The molecule has 2 aromatic rings. The average Bonchev–Trinajstić information content (AvgIpc) is 2.61. The van der Waals surface area contributed by atoms with E-state index in [0.29, 0.717) is 18.7 Å². The summed E-state index contributed by atoms with van der Waals surface area (Å²) in [6, 6.07) is 13.9. The highest BCUT2D eigenvalue weighted by Gasteiger charge is 2.29. The molecule has 1 heterocycles. The predicted octanol–water partition coefficient (Wildman–Crippen LogP) is 2.96. The van der Waals surface area contributed by atoms with Crippen molar-refractivity contribution in [3.63, 3.8) is 0 Å². The van der Waals surface area contributed by atoms with E-state index in [4.69, 9.17) is 4.74 Å². The highest BCUT2D eigenvalue weighted by atomic mass is 19.1. The lowest BCUT2D eigenvalue weighted by molar-refractivity contribution is 0.0545. The Morgan fingerprint density at radius 3 is 2.71 bits per heavy atom. The number of amides is 1. The van der Waals surface area contributed by atoms with Gasteiger partial charge >= 0.3 is 0 Å². The van der Waals surface area contributed by atoms with Crippen molar-refractivity contribution >= 4 is 5.91 Å². The summed E-state index contributed by atoms with van der Waals surface area (Å²) in [6.45, 7) is 1.97. The van der Waals surface area contributed by atoms with Crippen LogP contribution in [0.5, 0.6) is 5.75 Å². The second-order valence-corrected chi connectivity index (χ2v) is 6.03. The van der Waals surface area contributed by atoms with Crippen molar-refractivity contribution in [1.29, 1.82) is 0 Å². The molecule has 1 fully saturated rings. The molecule has 1 atom stereocenters. The molecule has 0 saturated carbocycles. The number of hydrogen-bond donors (Lipinski definition) is 0. The van der Waals surface area contributed by atoms with E-state index in [2.05, 4.69) is 4.90 Å². The maximum atomic E-state index is 13.4. The smallest absolute Gasteiger partial charge is 0.254 e. The van der Waals surface area contributed by atoms with Crippen LogP contribution in [0.15, 0.2) is 48.5 Å². The van der Waals surface area contributed by atoms with Gasteiger partial charge in [-0.3, -0.25) is 9.69 Å². The predicted molar refractivity (Wildman–Crippen MR) is 90.7 cm³/mol. The third kappa shape index (κ3) is 3.41. The number of benzene rings is 2. The second kappa shape index (κ2) is 7.01. The van der Waals surface area contributed by atoms with Crippen molar-refractivity contribution in [2.75, 3.05) is 33.8 Å². The highest BCUT2D eigenvalue weighted by molar-refractivity contribution is 5.94. The van der Waals surface area contributed by atoms with Gasteiger partial charge in [-0.15, -0.1) is 0 Å². The fourth-order valence-electron chi connectivity index (χ4n) is 3.07. The molecule has 126 valence electrons. The number of rotatable bonds is 3. The third-order valence-corrected chi connectivity index (χ3v) is 4.49. The van der Waals surface area contributed by atoms with E-state index in [1.54, 1.807) is 24.1 Å². The Kier molecular flexibility index (Phi) is 4.81. The first-order chi connectivity index (χ1) is 11.6. The van der Waals surface area contributed by atoms with Crippen LogP contribution < -0.4 is 4.74 Å². The zero-order valence-electron chi connectivity index (χ0n) is 13.9. The molecule has 0 aromatic heterocycles. The van der Waals surface area contributed by atoms with Crippen molar-refractivity contribution in [2.45, 2.75) is 6.04 Å². The number of carbonyl (C=O) groups excluding carboxylic acids is 1. The number of ether oxygens (including phenoxy) is 1. The van der Waals surface area contributed by atoms with E-state index in [0.717, 1.165) is 17.9 Å². The third-order valence-electron chi connectivity index (χ3n) is 4.49. The first kappa shape index (κ1) is 16.5. The lowest BCUT2D eigenvalue weighted by atomic mass is 10.0. The maximum Gasteiger partial charge on any atom is 0.254 e. The Labute approximate surface area is 141 Å². The van der Waals surface area contributed by atoms with Crippen molar-refractivity contribution in [1.82, 2.24) is 9.80 Å². The highest BCUT2D eigenvalue weighted by Crippen LogP contribution is 2.27. The topological polar surface area (TPSA) is 32.8 Å². The molecule has 5 heteroatoms. The van der Waals surface area contributed by atoms with Crippen molar-refractivity contribution in [2.24, 2.45) is 0 Å². The van der Waals surface area contributed by atoms with Crippen molar-refractivity contribution in [3.05, 3.63) is 65.5 Å². The fourth-order valence-corrected chi connectivity index (χ4v) is 3.07. The molecule has 3 rings (SSSR count). The Morgan fingerprint density at radius 2 is 1.96 bits per heavy atom. The Morgan fingerprint density at radius 1 is 1.17 bits per heavy atom. The van der Waals surface area contributed by atoms with Gasteiger partial charge in [-0.05, 0) is 42.9 Å². The van der Waals surface area contributed by atoms with Gasteiger partial charge in [-0.1, -0.05) is 18.2 Å². The number of halogens is 1. The van der Waals surface area contributed by atoms with Gasteiger partial charge in [-0.25, -0.2) is 4.39 Å². The van der Waals surface area contributed by atoms with Gasteiger partial charge in [0.2, 0.25) is 0 Å². The van der Waals surface area contributed by atoms with Crippen LogP contribution in [0.1, 0.15) is 22.0 Å². The van der Waals surface area contributed by atoms with E-state index in [-0.39, 0.29) is 17.8 Å². The van der Waals surface area contributed by atoms with Crippen LogP contribution in [0.25, 0.3) is 0 Å². The lowest BCUT2D eigenvalue weighted by Crippen LogP contribution is -2.49. The number of nitrogens with zero attached hydrogens (tertiary/aromatic N) is 2. The largest absolute Gasteiger partial charge is 0.497 e. The molecular formula is C19H21FN2O2. The molecule has 1 saturated heterocycles. The van der Waals surface area contributed by atoms with Crippen LogP contribution in [0, 0.1) is 5.82 Å². The van der Waals surface area contributed by atoms with Crippen LogP contribution in [0.2, 0.25) is 0 Å². The minimum atomic E-state index is -0.390. The summed E-state index contributed by atoms with van der Waals surface area (Å²) >= 11 is 0. The second-order valence-electron chi connectivity index (χ2n) is 6.03. The van der Waals surface area contributed by atoms with Crippen molar-refractivity contribution < 1.29 is 13.9 Å². The summed E-state index contributed by atoms with van der Waals surface area (Å²) in [4.78, 5) is 16.7. The quantitative estimate of drug-likeness (QED) is 0.868. The first-order valence-electron chi connectivity index (χ1n) is 7.97. The normalized spacial score (nSPS) is 18.5. The van der Waals surface area contributed by atoms with E-state index in [9.17, 15) is 9.18 Å². The summed E-state index contributed by atoms with van der Waals surface area (Å²) in [5.74, 6) is 0.282. The summed E-state index contributed by atoms with van der Waals surface area (Å²) in [5.41, 5.74) is 1.50. The molecule has 1 aliphatic heterocycles. The molecule has 1 aliphatic rings.